The Morgan fingerprint density at radius 1 is 1.25 bits per heavy atom. The van der Waals surface area contributed by atoms with Gasteiger partial charge in [0.1, 0.15) is 0 Å². The molecule has 1 aromatic rings. The fraction of sp³-hybridized carbons (Fsp3) is 0.600. The highest BCUT2D eigenvalue weighted by Crippen LogP contribution is 2.31. The van der Waals surface area contributed by atoms with Crippen LogP contribution in [0.25, 0.3) is 0 Å². The van der Waals surface area contributed by atoms with Crippen molar-refractivity contribution in [1.29, 1.82) is 0 Å². The lowest BCUT2D eigenvalue weighted by Crippen LogP contribution is -2.25. The molecule has 2 rings (SSSR count). The number of anilines is 1. The zero-order valence-corrected chi connectivity index (χ0v) is 13.8. The number of hydrogen-bond donors (Lipinski definition) is 1. The quantitative estimate of drug-likeness (QED) is 0.872. The van der Waals surface area contributed by atoms with E-state index in [-0.39, 0.29) is 5.75 Å². The first-order chi connectivity index (χ1) is 9.56. The molecule has 0 amide bonds. The minimum atomic E-state index is -3.10. The number of sulfone groups is 1. The van der Waals surface area contributed by atoms with E-state index in [9.17, 15) is 8.42 Å². The first-order valence-corrected chi connectivity index (χ1v) is 10.1. The van der Waals surface area contributed by atoms with E-state index in [1.165, 1.54) is 19.3 Å². The van der Waals surface area contributed by atoms with E-state index < -0.39 is 9.84 Å². The van der Waals surface area contributed by atoms with Gasteiger partial charge < -0.3 is 5.32 Å². The predicted molar refractivity (Wildman–Crippen MR) is 87.4 cm³/mol. The molecule has 1 saturated carbocycles. The maximum absolute atomic E-state index is 12.0. The van der Waals surface area contributed by atoms with Gasteiger partial charge in [-0.1, -0.05) is 13.3 Å². The Morgan fingerprint density at radius 3 is 2.55 bits per heavy atom. The van der Waals surface area contributed by atoms with Crippen molar-refractivity contribution in [2.24, 2.45) is 0 Å². The van der Waals surface area contributed by atoms with Gasteiger partial charge in [0.15, 0.2) is 9.84 Å². The van der Waals surface area contributed by atoms with Gasteiger partial charge in [-0.05, 0) is 49.8 Å². The maximum atomic E-state index is 12.0. The highest BCUT2D eigenvalue weighted by Gasteiger charge is 2.26. The van der Waals surface area contributed by atoms with Crippen LogP contribution in [0.5, 0.6) is 0 Å². The summed E-state index contributed by atoms with van der Waals surface area (Å²) in [5.74, 6) is 0.219. The molecule has 1 aromatic carbocycles. The van der Waals surface area contributed by atoms with E-state index in [2.05, 4.69) is 11.6 Å². The summed E-state index contributed by atoms with van der Waals surface area (Å²) in [6, 6.07) is 7.71. The van der Waals surface area contributed by atoms with Crippen molar-refractivity contribution in [3.63, 3.8) is 0 Å². The maximum Gasteiger partial charge on any atom is 0.178 e. The molecule has 0 aromatic heterocycles. The molecule has 1 aliphatic carbocycles. The highest BCUT2D eigenvalue weighted by atomic mass is 32.2. The van der Waals surface area contributed by atoms with Crippen LogP contribution in [0.2, 0.25) is 0 Å². The third-order valence-electron chi connectivity index (χ3n) is 3.79. The molecular formula is C15H23NO2S2. The molecule has 112 valence electrons. The summed E-state index contributed by atoms with van der Waals surface area (Å²) in [4.78, 5) is 0.428. The average Bonchev–Trinajstić information content (AvgIpc) is 2.86. The van der Waals surface area contributed by atoms with E-state index in [4.69, 9.17) is 0 Å². The van der Waals surface area contributed by atoms with Crippen LogP contribution in [0.3, 0.4) is 0 Å². The van der Waals surface area contributed by atoms with Crippen LogP contribution in [0.4, 0.5) is 5.69 Å². The number of nitrogens with one attached hydrogen (secondary N) is 1. The molecule has 0 bridgehead atoms. The van der Waals surface area contributed by atoms with Gasteiger partial charge in [0.2, 0.25) is 0 Å². The Morgan fingerprint density at radius 2 is 1.95 bits per heavy atom. The van der Waals surface area contributed by atoms with E-state index in [0.29, 0.717) is 22.6 Å². The Balaban J connectivity index is 2.05. The van der Waals surface area contributed by atoms with E-state index >= 15 is 0 Å². The minimum Gasteiger partial charge on any atom is -0.381 e. The Hall–Kier alpha value is -0.680. The molecular weight excluding hydrogens is 290 g/mol. The third kappa shape index (κ3) is 3.70. The fourth-order valence-electron chi connectivity index (χ4n) is 2.73. The van der Waals surface area contributed by atoms with Crippen molar-refractivity contribution in [2.75, 3.05) is 17.3 Å². The molecule has 5 heteroatoms. The second kappa shape index (κ2) is 6.85. The lowest BCUT2D eigenvalue weighted by molar-refractivity contribution is 0.594. The van der Waals surface area contributed by atoms with Gasteiger partial charge in [-0.15, -0.1) is 0 Å². The van der Waals surface area contributed by atoms with Gasteiger partial charge in [-0.3, -0.25) is 0 Å². The van der Waals surface area contributed by atoms with E-state index in [1.807, 2.05) is 30.8 Å². The summed E-state index contributed by atoms with van der Waals surface area (Å²) in [5, 5.41) is 4.20. The summed E-state index contributed by atoms with van der Waals surface area (Å²) in [6.45, 7) is 1.89. The van der Waals surface area contributed by atoms with Gasteiger partial charge in [-0.25, -0.2) is 8.42 Å². The van der Waals surface area contributed by atoms with Gasteiger partial charge >= 0.3 is 0 Å². The molecule has 0 radical (unpaired) electrons. The van der Waals surface area contributed by atoms with Crippen molar-refractivity contribution in [3.05, 3.63) is 24.3 Å². The number of benzene rings is 1. The summed E-state index contributed by atoms with van der Waals surface area (Å²) < 4.78 is 23.9. The Labute approximate surface area is 126 Å². The SMILES string of the molecule is CCCS(=O)(=O)c1ccc(NC2CCCC2SC)cc1. The molecule has 1 aliphatic rings. The van der Waals surface area contributed by atoms with Crippen molar-refractivity contribution >= 4 is 27.3 Å². The molecule has 3 nitrogen and oxygen atoms in total. The molecule has 0 spiro atoms. The first kappa shape index (κ1) is 15.7. The zero-order valence-electron chi connectivity index (χ0n) is 12.1. The van der Waals surface area contributed by atoms with Gasteiger partial charge in [0, 0.05) is 17.0 Å². The van der Waals surface area contributed by atoms with Crippen LogP contribution in [0.15, 0.2) is 29.2 Å². The predicted octanol–water partition coefficient (Wildman–Crippen LogP) is 3.57. The number of hydrogen-bond acceptors (Lipinski definition) is 4. The Bertz CT molecular complexity index is 525. The highest BCUT2D eigenvalue weighted by molar-refractivity contribution is 7.99. The van der Waals surface area contributed by atoms with Crippen LogP contribution in [-0.4, -0.2) is 31.7 Å². The van der Waals surface area contributed by atoms with Gasteiger partial charge in [0.05, 0.1) is 10.6 Å². The smallest absolute Gasteiger partial charge is 0.178 e. The molecule has 0 saturated heterocycles. The molecule has 2 unspecified atom stereocenters. The van der Waals surface area contributed by atoms with Crippen molar-refractivity contribution in [1.82, 2.24) is 0 Å². The third-order valence-corrected chi connectivity index (χ3v) is 6.90. The summed E-state index contributed by atoms with van der Waals surface area (Å²) in [7, 11) is -3.10. The first-order valence-electron chi connectivity index (χ1n) is 7.19. The molecule has 20 heavy (non-hydrogen) atoms. The van der Waals surface area contributed by atoms with Crippen molar-refractivity contribution in [2.45, 2.75) is 48.8 Å². The second-order valence-corrected chi connectivity index (χ2v) is 8.49. The largest absolute Gasteiger partial charge is 0.381 e. The summed E-state index contributed by atoms with van der Waals surface area (Å²) in [5.41, 5.74) is 1.02. The lowest BCUT2D eigenvalue weighted by Gasteiger charge is -2.20. The normalized spacial score (nSPS) is 22.9. The molecule has 1 fully saturated rings. The van der Waals surface area contributed by atoms with Crippen LogP contribution < -0.4 is 5.32 Å². The molecule has 0 heterocycles. The van der Waals surface area contributed by atoms with Crippen LogP contribution in [0, 0.1) is 0 Å². The average molecular weight is 313 g/mol. The minimum absolute atomic E-state index is 0.219. The van der Waals surface area contributed by atoms with E-state index in [0.717, 1.165) is 5.69 Å². The van der Waals surface area contributed by atoms with Gasteiger partial charge in [-0.2, -0.15) is 11.8 Å². The van der Waals surface area contributed by atoms with Crippen molar-refractivity contribution < 1.29 is 8.42 Å². The standard InChI is InChI=1S/C15H23NO2S2/c1-3-11-20(17,18)13-9-7-12(8-10-13)16-14-5-4-6-15(14)19-2/h7-10,14-16H,3-6,11H2,1-2H3. The monoisotopic (exact) mass is 313 g/mol. The topological polar surface area (TPSA) is 46.2 Å². The second-order valence-electron chi connectivity index (χ2n) is 5.30. The number of thioether (sulfide) groups is 1. The van der Waals surface area contributed by atoms with Crippen LogP contribution in [0.1, 0.15) is 32.6 Å². The summed E-state index contributed by atoms with van der Waals surface area (Å²) >= 11 is 1.92. The van der Waals surface area contributed by atoms with Crippen LogP contribution >= 0.6 is 11.8 Å². The summed E-state index contributed by atoms with van der Waals surface area (Å²) in [6.07, 6.45) is 6.54. The van der Waals surface area contributed by atoms with Crippen molar-refractivity contribution in [3.8, 4) is 0 Å². The van der Waals surface area contributed by atoms with Gasteiger partial charge in [0.25, 0.3) is 0 Å². The van der Waals surface area contributed by atoms with E-state index in [1.54, 1.807) is 12.1 Å². The molecule has 2 atom stereocenters. The zero-order chi connectivity index (χ0) is 14.6. The fourth-order valence-corrected chi connectivity index (χ4v) is 4.99. The molecule has 1 N–H and O–H groups in total. The van der Waals surface area contributed by atoms with Crippen LogP contribution in [-0.2, 0) is 9.84 Å². The molecule has 0 aliphatic heterocycles. The lowest BCUT2D eigenvalue weighted by atomic mass is 10.2. The number of rotatable bonds is 6. The Kier molecular flexibility index (Phi) is 5.38.